The van der Waals surface area contributed by atoms with Crippen molar-refractivity contribution >= 4 is 17.7 Å². The van der Waals surface area contributed by atoms with Crippen molar-refractivity contribution in [2.24, 2.45) is 7.05 Å². The van der Waals surface area contributed by atoms with Gasteiger partial charge in [-0.05, 0) is 45.3 Å². The number of piperidine rings is 1. The third-order valence-electron chi connectivity index (χ3n) is 4.73. The monoisotopic (exact) mass is 374 g/mol. The fourth-order valence-corrected chi connectivity index (χ4v) is 3.95. The molecule has 0 aliphatic carbocycles. The minimum Gasteiger partial charge on any atom is -0.338 e. The number of carbonyl (C=O) groups excluding carboxylic acids is 1. The van der Waals surface area contributed by atoms with Crippen LogP contribution in [0.4, 0.5) is 0 Å². The minimum absolute atomic E-state index is 0.0582. The van der Waals surface area contributed by atoms with Crippen LogP contribution < -0.4 is 0 Å². The molecule has 1 atom stereocenters. The van der Waals surface area contributed by atoms with Crippen molar-refractivity contribution in [3.05, 3.63) is 35.5 Å². The Kier molecular flexibility index (Phi) is 5.93. The van der Waals surface area contributed by atoms with Gasteiger partial charge in [0.1, 0.15) is 16.7 Å². The van der Waals surface area contributed by atoms with Crippen LogP contribution in [0.2, 0.25) is 0 Å². The molecule has 26 heavy (non-hydrogen) atoms. The zero-order valence-electron chi connectivity index (χ0n) is 15.8. The minimum atomic E-state index is 0.0582. The van der Waals surface area contributed by atoms with E-state index >= 15 is 0 Å². The van der Waals surface area contributed by atoms with Crippen molar-refractivity contribution in [1.29, 1.82) is 0 Å². The lowest BCUT2D eigenvalue weighted by Crippen LogP contribution is -2.40. The molecule has 140 valence electrons. The smallest absolute Gasteiger partial charge is 0.256 e. The largest absolute Gasteiger partial charge is 0.338 e. The van der Waals surface area contributed by atoms with Crippen LogP contribution in [0.15, 0.2) is 23.4 Å². The van der Waals surface area contributed by atoms with E-state index in [2.05, 4.69) is 24.6 Å². The number of amides is 1. The first-order valence-electron chi connectivity index (χ1n) is 8.82. The van der Waals surface area contributed by atoms with E-state index in [9.17, 15) is 4.79 Å². The molecule has 0 spiro atoms. The van der Waals surface area contributed by atoms with E-state index in [4.69, 9.17) is 0 Å². The standard InChI is InChI=1S/C18H26N6OS/c1-22(2)12-15-20-21-16(23(15)3)13-7-6-10-24(11-13)18(25)14-8-5-9-19-17(14)26-4/h5,8-9,13H,6-7,10-12H2,1-4H3/t13-/m0/s1. The number of thioether (sulfide) groups is 1. The van der Waals surface area contributed by atoms with Gasteiger partial charge >= 0.3 is 0 Å². The number of pyridine rings is 1. The van der Waals surface area contributed by atoms with Gasteiger partial charge in [0.25, 0.3) is 5.91 Å². The number of rotatable bonds is 5. The average Bonchev–Trinajstić information content (AvgIpc) is 3.01. The number of nitrogens with zero attached hydrogens (tertiary/aromatic N) is 6. The first kappa shape index (κ1) is 18.8. The fraction of sp³-hybridized carbons (Fsp3) is 0.556. The summed E-state index contributed by atoms with van der Waals surface area (Å²) in [6.45, 7) is 2.21. The van der Waals surface area contributed by atoms with E-state index in [0.29, 0.717) is 12.1 Å². The van der Waals surface area contributed by atoms with Crippen LogP contribution in [0.5, 0.6) is 0 Å². The molecule has 0 radical (unpaired) electrons. The van der Waals surface area contributed by atoms with E-state index in [-0.39, 0.29) is 11.8 Å². The van der Waals surface area contributed by atoms with Crippen molar-refractivity contribution < 1.29 is 4.79 Å². The normalized spacial score (nSPS) is 17.7. The summed E-state index contributed by atoms with van der Waals surface area (Å²) in [6.07, 6.45) is 5.68. The Hall–Kier alpha value is -1.93. The van der Waals surface area contributed by atoms with Gasteiger partial charge in [0.2, 0.25) is 0 Å². The van der Waals surface area contributed by atoms with Crippen LogP contribution in [0.3, 0.4) is 0 Å². The Labute approximate surface area is 158 Å². The van der Waals surface area contributed by atoms with Gasteiger partial charge in [-0.15, -0.1) is 22.0 Å². The summed E-state index contributed by atoms with van der Waals surface area (Å²) >= 11 is 1.51. The molecule has 0 bridgehead atoms. The number of hydrogen-bond acceptors (Lipinski definition) is 6. The number of likely N-dealkylation sites (tertiary alicyclic amines) is 1. The van der Waals surface area contributed by atoms with E-state index in [0.717, 1.165) is 42.6 Å². The second kappa shape index (κ2) is 8.18. The summed E-state index contributed by atoms with van der Waals surface area (Å²) in [4.78, 5) is 21.4. The van der Waals surface area contributed by atoms with E-state index in [1.54, 1.807) is 6.20 Å². The summed E-state index contributed by atoms with van der Waals surface area (Å²) in [5, 5.41) is 9.55. The average molecular weight is 375 g/mol. The van der Waals surface area contributed by atoms with Crippen molar-refractivity contribution in [2.45, 2.75) is 30.3 Å². The highest BCUT2D eigenvalue weighted by molar-refractivity contribution is 7.98. The van der Waals surface area contributed by atoms with Gasteiger partial charge in [-0.25, -0.2) is 4.98 Å². The summed E-state index contributed by atoms with van der Waals surface area (Å²) in [7, 11) is 6.06. The first-order valence-corrected chi connectivity index (χ1v) is 10.0. The van der Waals surface area contributed by atoms with Crippen LogP contribution in [0.25, 0.3) is 0 Å². The maximum Gasteiger partial charge on any atom is 0.256 e. The van der Waals surface area contributed by atoms with Gasteiger partial charge in [0, 0.05) is 32.3 Å². The highest BCUT2D eigenvalue weighted by Crippen LogP contribution is 2.28. The van der Waals surface area contributed by atoms with E-state index in [1.165, 1.54) is 11.8 Å². The Morgan fingerprint density at radius 3 is 2.92 bits per heavy atom. The van der Waals surface area contributed by atoms with Gasteiger partial charge in [0.05, 0.1) is 12.1 Å². The fourth-order valence-electron chi connectivity index (χ4n) is 3.41. The molecule has 2 aromatic rings. The van der Waals surface area contributed by atoms with Crippen molar-refractivity contribution in [3.63, 3.8) is 0 Å². The summed E-state index contributed by atoms with van der Waals surface area (Å²) < 4.78 is 2.08. The summed E-state index contributed by atoms with van der Waals surface area (Å²) in [5.74, 6) is 2.19. The molecule has 1 aliphatic heterocycles. The summed E-state index contributed by atoms with van der Waals surface area (Å²) in [6, 6.07) is 3.69. The van der Waals surface area contributed by atoms with Crippen LogP contribution in [0.1, 0.15) is 40.8 Å². The lowest BCUT2D eigenvalue weighted by atomic mass is 9.96. The van der Waals surface area contributed by atoms with Crippen LogP contribution in [-0.4, -0.2) is 68.9 Å². The molecule has 8 heteroatoms. The van der Waals surface area contributed by atoms with Crippen molar-refractivity contribution in [1.82, 2.24) is 29.5 Å². The zero-order valence-corrected chi connectivity index (χ0v) is 16.7. The quantitative estimate of drug-likeness (QED) is 0.746. The van der Waals surface area contributed by atoms with Crippen molar-refractivity contribution in [3.8, 4) is 0 Å². The molecule has 0 unspecified atom stereocenters. The predicted molar refractivity (Wildman–Crippen MR) is 102 cm³/mol. The predicted octanol–water partition coefficient (Wildman–Crippen LogP) is 2.01. The van der Waals surface area contributed by atoms with Gasteiger partial charge in [-0.2, -0.15) is 0 Å². The molecule has 2 aromatic heterocycles. The molecular weight excluding hydrogens is 348 g/mol. The van der Waals surface area contributed by atoms with E-state index in [1.807, 2.05) is 44.4 Å². The highest BCUT2D eigenvalue weighted by Gasteiger charge is 2.29. The van der Waals surface area contributed by atoms with Crippen LogP contribution in [-0.2, 0) is 13.6 Å². The molecule has 1 amide bonds. The van der Waals surface area contributed by atoms with Crippen LogP contribution >= 0.6 is 11.8 Å². The number of aromatic nitrogens is 4. The summed E-state index contributed by atoms with van der Waals surface area (Å²) in [5.41, 5.74) is 0.687. The van der Waals surface area contributed by atoms with Gasteiger partial charge < -0.3 is 14.4 Å². The molecule has 0 saturated carbocycles. The molecule has 1 aliphatic rings. The van der Waals surface area contributed by atoms with Gasteiger partial charge in [-0.3, -0.25) is 4.79 Å². The molecule has 7 nitrogen and oxygen atoms in total. The SMILES string of the molecule is CSc1ncccc1C(=O)N1CCC[C@H](c2nnc(CN(C)C)n2C)C1. The molecular formula is C18H26N6OS. The maximum atomic E-state index is 13.0. The molecule has 0 N–H and O–H groups in total. The van der Waals surface area contributed by atoms with Crippen LogP contribution in [0, 0.1) is 0 Å². The number of carbonyl (C=O) groups is 1. The highest BCUT2D eigenvalue weighted by atomic mass is 32.2. The maximum absolute atomic E-state index is 13.0. The Balaban J connectivity index is 1.77. The van der Waals surface area contributed by atoms with E-state index < -0.39 is 0 Å². The lowest BCUT2D eigenvalue weighted by molar-refractivity contribution is 0.0699. The van der Waals surface area contributed by atoms with Gasteiger partial charge in [0.15, 0.2) is 0 Å². The van der Waals surface area contributed by atoms with Gasteiger partial charge in [-0.1, -0.05) is 0 Å². The Bertz CT molecular complexity index is 775. The topological polar surface area (TPSA) is 67.2 Å². The third-order valence-corrected chi connectivity index (χ3v) is 5.44. The second-order valence-electron chi connectivity index (χ2n) is 6.92. The first-order chi connectivity index (χ1) is 12.5. The zero-order chi connectivity index (χ0) is 18.7. The second-order valence-corrected chi connectivity index (χ2v) is 7.72. The Morgan fingerprint density at radius 2 is 2.19 bits per heavy atom. The Morgan fingerprint density at radius 1 is 1.38 bits per heavy atom. The lowest BCUT2D eigenvalue weighted by Gasteiger charge is -2.32. The molecule has 1 fully saturated rings. The third kappa shape index (κ3) is 3.91. The molecule has 3 rings (SSSR count). The molecule has 3 heterocycles. The molecule has 0 aromatic carbocycles. The number of hydrogen-bond donors (Lipinski definition) is 0. The van der Waals surface area contributed by atoms with Crippen molar-refractivity contribution in [2.75, 3.05) is 33.4 Å². The molecule has 1 saturated heterocycles.